The molecule has 3 heterocycles. The predicted molar refractivity (Wildman–Crippen MR) is 74.8 cm³/mol. The van der Waals surface area contributed by atoms with Gasteiger partial charge < -0.3 is 13.3 Å². The molecule has 0 aliphatic carbocycles. The zero-order valence-corrected chi connectivity index (χ0v) is 12.4. The van der Waals surface area contributed by atoms with Gasteiger partial charge in [-0.05, 0) is 5.56 Å². The van der Waals surface area contributed by atoms with Gasteiger partial charge in [-0.25, -0.2) is 0 Å². The van der Waals surface area contributed by atoms with Crippen molar-refractivity contribution in [2.24, 2.45) is 0 Å². The molecular formula is C14H21NO3Si. The summed E-state index contributed by atoms with van der Waals surface area (Å²) in [5, 5.41) is 0. The minimum Gasteiger partial charge on any atom is -0.372 e. The summed E-state index contributed by atoms with van der Waals surface area (Å²) in [6, 6.07) is 11.3. The Morgan fingerprint density at radius 1 is 1.16 bits per heavy atom. The molecule has 0 radical (unpaired) electrons. The van der Waals surface area contributed by atoms with E-state index >= 15 is 0 Å². The molecule has 0 N–H and O–H groups in total. The average Bonchev–Trinajstić information content (AvgIpc) is 2.39. The Bertz CT molecular complexity index is 404. The molecule has 3 saturated heterocycles. The zero-order chi connectivity index (χ0) is 13.1. The molecule has 3 aliphatic rings. The zero-order valence-electron chi connectivity index (χ0n) is 11.4. The maximum absolute atomic E-state index is 6.34. The van der Waals surface area contributed by atoms with Crippen LogP contribution in [0.25, 0.3) is 0 Å². The highest BCUT2D eigenvalue weighted by Crippen LogP contribution is 2.30. The van der Waals surface area contributed by atoms with E-state index in [-0.39, 0.29) is 6.10 Å². The molecular weight excluding hydrogens is 258 g/mol. The SMILES string of the molecule is CC[Si]12OCCN(CCO1)CC(c1ccccc1)O2. The average molecular weight is 279 g/mol. The van der Waals surface area contributed by atoms with Crippen LogP contribution in [0.5, 0.6) is 0 Å². The monoisotopic (exact) mass is 279 g/mol. The van der Waals surface area contributed by atoms with Gasteiger partial charge in [0, 0.05) is 25.7 Å². The van der Waals surface area contributed by atoms with E-state index < -0.39 is 8.80 Å². The van der Waals surface area contributed by atoms with E-state index in [1.54, 1.807) is 0 Å². The Morgan fingerprint density at radius 2 is 1.84 bits per heavy atom. The fourth-order valence-electron chi connectivity index (χ4n) is 2.68. The molecule has 1 atom stereocenters. The minimum atomic E-state index is -2.47. The Balaban J connectivity index is 1.88. The molecule has 0 aromatic heterocycles. The van der Waals surface area contributed by atoms with Crippen molar-refractivity contribution in [2.45, 2.75) is 19.1 Å². The second kappa shape index (κ2) is 5.72. The van der Waals surface area contributed by atoms with Gasteiger partial charge in [0.25, 0.3) is 0 Å². The summed E-state index contributed by atoms with van der Waals surface area (Å²) in [5.41, 5.74) is 1.22. The molecule has 104 valence electrons. The molecule has 1 aromatic rings. The van der Waals surface area contributed by atoms with Crippen molar-refractivity contribution in [3.8, 4) is 0 Å². The quantitative estimate of drug-likeness (QED) is 0.776. The molecule has 1 unspecified atom stereocenters. The summed E-state index contributed by atoms with van der Waals surface area (Å²) in [6.07, 6.45) is 0.0633. The molecule has 2 bridgehead atoms. The lowest BCUT2D eigenvalue weighted by molar-refractivity contribution is -0.0414. The lowest BCUT2D eigenvalue weighted by Gasteiger charge is -2.41. The number of rotatable bonds is 2. The van der Waals surface area contributed by atoms with E-state index in [0.717, 1.165) is 38.9 Å². The van der Waals surface area contributed by atoms with Crippen molar-refractivity contribution in [3.63, 3.8) is 0 Å². The fraction of sp³-hybridized carbons (Fsp3) is 0.571. The third-order valence-corrected chi connectivity index (χ3v) is 6.61. The first-order chi connectivity index (χ1) is 9.31. The van der Waals surface area contributed by atoms with Crippen LogP contribution in [0.1, 0.15) is 18.6 Å². The number of hydrogen-bond acceptors (Lipinski definition) is 4. The molecule has 5 heteroatoms. The molecule has 3 fully saturated rings. The van der Waals surface area contributed by atoms with Crippen LogP contribution in [0, 0.1) is 0 Å². The van der Waals surface area contributed by atoms with Gasteiger partial charge in [-0.2, -0.15) is 0 Å². The van der Waals surface area contributed by atoms with Crippen molar-refractivity contribution < 1.29 is 13.3 Å². The summed E-state index contributed by atoms with van der Waals surface area (Å²) in [7, 11) is -2.47. The Hall–Kier alpha value is -0.723. The van der Waals surface area contributed by atoms with Crippen LogP contribution in [0.4, 0.5) is 0 Å². The number of fused-ring (bicyclic) bond motifs is 6. The van der Waals surface area contributed by atoms with E-state index in [1.165, 1.54) is 5.56 Å². The molecule has 3 aliphatic heterocycles. The lowest BCUT2D eigenvalue weighted by atomic mass is 10.1. The van der Waals surface area contributed by atoms with Crippen molar-refractivity contribution >= 4 is 8.80 Å². The predicted octanol–water partition coefficient (Wildman–Crippen LogP) is 2.07. The molecule has 0 amide bonds. The highest BCUT2D eigenvalue weighted by Gasteiger charge is 2.45. The van der Waals surface area contributed by atoms with Crippen molar-refractivity contribution in [1.82, 2.24) is 4.90 Å². The van der Waals surface area contributed by atoms with Crippen molar-refractivity contribution in [1.29, 1.82) is 0 Å². The normalized spacial score (nSPS) is 35.4. The largest absolute Gasteiger partial charge is 0.501 e. The fourth-order valence-corrected chi connectivity index (χ4v) is 4.92. The van der Waals surface area contributed by atoms with E-state index in [0.29, 0.717) is 0 Å². The summed E-state index contributed by atoms with van der Waals surface area (Å²) < 4.78 is 18.3. The number of hydrogen-bond donors (Lipinski definition) is 0. The first-order valence-electron chi connectivity index (χ1n) is 7.04. The smallest absolute Gasteiger partial charge is 0.372 e. The molecule has 0 spiro atoms. The maximum atomic E-state index is 6.34. The van der Waals surface area contributed by atoms with Crippen LogP contribution in [0.3, 0.4) is 0 Å². The lowest BCUT2D eigenvalue weighted by Crippen LogP contribution is -2.55. The second-order valence-corrected chi connectivity index (χ2v) is 7.94. The Labute approximate surface area is 115 Å². The van der Waals surface area contributed by atoms with Crippen LogP contribution in [0.2, 0.25) is 6.04 Å². The van der Waals surface area contributed by atoms with Crippen LogP contribution < -0.4 is 0 Å². The first-order valence-corrected chi connectivity index (χ1v) is 8.97. The van der Waals surface area contributed by atoms with Gasteiger partial charge in [-0.15, -0.1) is 0 Å². The van der Waals surface area contributed by atoms with Gasteiger partial charge in [-0.1, -0.05) is 37.3 Å². The van der Waals surface area contributed by atoms with E-state index in [2.05, 4.69) is 36.1 Å². The van der Waals surface area contributed by atoms with Gasteiger partial charge >= 0.3 is 8.80 Å². The summed E-state index contributed by atoms with van der Waals surface area (Å²) in [4.78, 5) is 2.37. The van der Waals surface area contributed by atoms with Gasteiger partial charge in [0.05, 0.1) is 19.3 Å². The van der Waals surface area contributed by atoms with E-state index in [1.807, 2.05) is 6.07 Å². The van der Waals surface area contributed by atoms with E-state index in [9.17, 15) is 0 Å². The third kappa shape index (κ3) is 2.90. The van der Waals surface area contributed by atoms with Gasteiger partial charge in [0.1, 0.15) is 0 Å². The van der Waals surface area contributed by atoms with Crippen LogP contribution in [-0.4, -0.2) is 46.6 Å². The topological polar surface area (TPSA) is 30.9 Å². The summed E-state index contributed by atoms with van der Waals surface area (Å²) >= 11 is 0. The highest BCUT2D eigenvalue weighted by atomic mass is 28.4. The van der Waals surface area contributed by atoms with Crippen LogP contribution >= 0.6 is 0 Å². The molecule has 19 heavy (non-hydrogen) atoms. The minimum absolute atomic E-state index is 0.0633. The molecule has 4 nitrogen and oxygen atoms in total. The number of nitrogens with zero attached hydrogens (tertiary/aromatic N) is 1. The molecule has 1 aromatic carbocycles. The van der Waals surface area contributed by atoms with Crippen molar-refractivity contribution in [2.75, 3.05) is 32.8 Å². The molecule has 0 saturated carbocycles. The molecule has 4 rings (SSSR count). The highest BCUT2D eigenvalue weighted by molar-refractivity contribution is 6.60. The first kappa shape index (κ1) is 13.3. The van der Waals surface area contributed by atoms with E-state index in [4.69, 9.17) is 13.3 Å². The third-order valence-electron chi connectivity index (χ3n) is 3.81. The van der Waals surface area contributed by atoms with Gasteiger partial charge in [-0.3, -0.25) is 4.90 Å². The van der Waals surface area contributed by atoms with Gasteiger partial charge in [0.2, 0.25) is 0 Å². The van der Waals surface area contributed by atoms with Crippen molar-refractivity contribution in [3.05, 3.63) is 35.9 Å². The van der Waals surface area contributed by atoms with Crippen LogP contribution in [-0.2, 0) is 13.3 Å². The summed E-state index contributed by atoms with van der Waals surface area (Å²) in [6.45, 7) is 6.44. The van der Waals surface area contributed by atoms with Crippen LogP contribution in [0.15, 0.2) is 30.3 Å². The Morgan fingerprint density at radius 3 is 2.47 bits per heavy atom. The van der Waals surface area contributed by atoms with Gasteiger partial charge in [0.15, 0.2) is 0 Å². The maximum Gasteiger partial charge on any atom is 0.501 e. The second-order valence-electron chi connectivity index (χ2n) is 5.05. The summed E-state index contributed by atoms with van der Waals surface area (Å²) in [5.74, 6) is 0. The number of benzene rings is 1. The standard InChI is InChI=1S/C14H21NO3Si/c1-2-19-16-10-8-15(9-11-17-19)12-14(18-19)13-6-4-3-5-7-13/h3-7,14H,2,8-12H2,1H3. The Kier molecular flexibility index (Phi) is 4.00.